The maximum absolute atomic E-state index is 12.5. The minimum absolute atomic E-state index is 0.0647. The maximum atomic E-state index is 12.5. The van der Waals surface area contributed by atoms with Gasteiger partial charge in [0, 0.05) is 31.3 Å². The summed E-state index contributed by atoms with van der Waals surface area (Å²) in [5, 5.41) is 0.121. The van der Waals surface area contributed by atoms with Gasteiger partial charge in [-0.05, 0) is 36.0 Å². The SMILES string of the molecule is C=CCN1C(=O)/C(=C/N(C)C)S/C1=N/S(=O)(=O)c1ccc(Br)cc1. The largest absolute Gasteiger partial charge is 0.382 e. The summed E-state index contributed by atoms with van der Waals surface area (Å²) in [4.78, 5) is 15.9. The van der Waals surface area contributed by atoms with Crippen molar-refractivity contribution in [2.24, 2.45) is 4.40 Å². The van der Waals surface area contributed by atoms with E-state index in [1.54, 1.807) is 37.3 Å². The lowest BCUT2D eigenvalue weighted by Gasteiger charge is -2.12. The topological polar surface area (TPSA) is 70.1 Å². The lowest BCUT2D eigenvalue weighted by atomic mass is 10.4. The number of benzene rings is 1. The predicted molar refractivity (Wildman–Crippen MR) is 100 cm³/mol. The van der Waals surface area contributed by atoms with Gasteiger partial charge in [0.1, 0.15) is 0 Å². The first-order valence-corrected chi connectivity index (χ1v) is 9.89. The standard InChI is InChI=1S/C15H16BrN3O3S2/c1-4-9-19-14(20)13(10-18(2)3)23-15(19)17-24(21,22)12-7-5-11(16)6-8-12/h4-8,10H,1,9H2,2-3H3/b13-10-,17-15+. The average molecular weight is 430 g/mol. The number of carbonyl (C=O) groups excluding carboxylic acids is 1. The molecule has 1 amide bonds. The summed E-state index contributed by atoms with van der Waals surface area (Å²) in [5.74, 6) is -0.293. The van der Waals surface area contributed by atoms with Gasteiger partial charge in [0.15, 0.2) is 5.17 Å². The molecule has 1 fully saturated rings. The highest BCUT2D eigenvalue weighted by molar-refractivity contribution is 9.10. The third kappa shape index (κ3) is 4.28. The van der Waals surface area contributed by atoms with E-state index in [0.717, 1.165) is 16.2 Å². The number of nitrogens with zero attached hydrogens (tertiary/aromatic N) is 3. The second-order valence-electron chi connectivity index (χ2n) is 5.07. The quantitative estimate of drug-likeness (QED) is 0.531. The third-order valence-electron chi connectivity index (χ3n) is 2.88. The fourth-order valence-electron chi connectivity index (χ4n) is 1.85. The molecule has 6 nitrogen and oxygen atoms in total. The number of carbonyl (C=O) groups is 1. The van der Waals surface area contributed by atoms with Gasteiger partial charge in [-0.25, -0.2) is 0 Å². The van der Waals surface area contributed by atoms with E-state index in [-0.39, 0.29) is 22.5 Å². The van der Waals surface area contributed by atoms with Crippen LogP contribution in [0.3, 0.4) is 0 Å². The van der Waals surface area contributed by atoms with Gasteiger partial charge < -0.3 is 4.90 Å². The van der Waals surface area contributed by atoms with E-state index in [1.807, 2.05) is 0 Å². The maximum Gasteiger partial charge on any atom is 0.284 e. The molecule has 0 N–H and O–H groups in total. The smallest absolute Gasteiger partial charge is 0.284 e. The number of hydrogen-bond acceptors (Lipinski definition) is 5. The molecule has 0 spiro atoms. The molecule has 24 heavy (non-hydrogen) atoms. The molecule has 0 aliphatic carbocycles. The first-order chi connectivity index (χ1) is 11.2. The van der Waals surface area contributed by atoms with Gasteiger partial charge in [0.05, 0.1) is 9.80 Å². The Labute approximate surface area is 154 Å². The number of halogens is 1. The second-order valence-corrected chi connectivity index (χ2v) is 8.60. The van der Waals surface area contributed by atoms with E-state index < -0.39 is 10.0 Å². The van der Waals surface area contributed by atoms with Gasteiger partial charge in [0.2, 0.25) is 0 Å². The minimum Gasteiger partial charge on any atom is -0.382 e. The molecule has 0 atom stereocenters. The predicted octanol–water partition coefficient (Wildman–Crippen LogP) is 2.66. The molecule has 0 unspecified atom stereocenters. The molecule has 128 valence electrons. The number of sulfonamides is 1. The van der Waals surface area contributed by atoms with Crippen LogP contribution >= 0.6 is 27.7 Å². The van der Waals surface area contributed by atoms with E-state index >= 15 is 0 Å². The van der Waals surface area contributed by atoms with Gasteiger partial charge in [-0.1, -0.05) is 22.0 Å². The van der Waals surface area contributed by atoms with Crippen molar-refractivity contribution in [2.75, 3.05) is 20.6 Å². The molecule has 1 saturated heterocycles. The van der Waals surface area contributed by atoms with Crippen molar-refractivity contribution in [1.82, 2.24) is 9.80 Å². The van der Waals surface area contributed by atoms with Crippen LogP contribution in [0.4, 0.5) is 0 Å². The molecule has 1 heterocycles. The lowest BCUT2D eigenvalue weighted by molar-refractivity contribution is -0.121. The van der Waals surface area contributed by atoms with E-state index in [2.05, 4.69) is 26.9 Å². The Bertz CT molecular complexity index is 815. The number of rotatable bonds is 5. The number of amides is 1. The number of hydrogen-bond donors (Lipinski definition) is 0. The highest BCUT2D eigenvalue weighted by Crippen LogP contribution is 2.32. The summed E-state index contributed by atoms with van der Waals surface area (Å²) < 4.78 is 29.6. The zero-order chi connectivity index (χ0) is 17.9. The molecule has 0 saturated carbocycles. The molecular weight excluding hydrogens is 414 g/mol. The van der Waals surface area contributed by atoms with Crippen molar-refractivity contribution in [3.63, 3.8) is 0 Å². The Morgan fingerprint density at radius 1 is 1.33 bits per heavy atom. The summed E-state index contributed by atoms with van der Waals surface area (Å²) in [6, 6.07) is 6.16. The van der Waals surface area contributed by atoms with Crippen molar-refractivity contribution >= 4 is 48.8 Å². The van der Waals surface area contributed by atoms with Gasteiger partial charge in [-0.2, -0.15) is 8.42 Å². The first kappa shape index (κ1) is 18.8. The highest BCUT2D eigenvalue weighted by atomic mass is 79.9. The Balaban J connectivity index is 2.43. The fraction of sp³-hybridized carbons (Fsp3) is 0.200. The molecule has 2 rings (SSSR count). The van der Waals surface area contributed by atoms with Crippen molar-refractivity contribution in [3.05, 3.63) is 52.5 Å². The van der Waals surface area contributed by atoms with Gasteiger partial charge in [-0.3, -0.25) is 9.69 Å². The van der Waals surface area contributed by atoms with Crippen LogP contribution in [0.2, 0.25) is 0 Å². The van der Waals surface area contributed by atoms with Crippen molar-refractivity contribution in [2.45, 2.75) is 4.90 Å². The summed E-state index contributed by atoms with van der Waals surface area (Å²) in [6.45, 7) is 3.79. The van der Waals surface area contributed by atoms with Crippen LogP contribution in [-0.4, -0.2) is 49.9 Å². The van der Waals surface area contributed by atoms with Crippen LogP contribution in [0.1, 0.15) is 0 Å². The van der Waals surface area contributed by atoms with Gasteiger partial charge >= 0.3 is 0 Å². The Morgan fingerprint density at radius 2 is 1.96 bits per heavy atom. The molecule has 0 radical (unpaired) electrons. The summed E-state index contributed by atoms with van der Waals surface area (Å²) in [6.07, 6.45) is 3.16. The number of thioether (sulfide) groups is 1. The van der Waals surface area contributed by atoms with Crippen LogP contribution in [0.15, 0.2) is 61.8 Å². The number of amidine groups is 1. The Hall–Kier alpha value is -1.58. The van der Waals surface area contributed by atoms with Crippen LogP contribution in [0.25, 0.3) is 0 Å². The Kier molecular flexibility index (Phi) is 5.89. The van der Waals surface area contributed by atoms with Crippen LogP contribution in [0.5, 0.6) is 0 Å². The average Bonchev–Trinajstić information content (AvgIpc) is 2.75. The molecular formula is C15H16BrN3O3S2. The fourth-order valence-corrected chi connectivity index (χ4v) is 4.38. The molecule has 0 aromatic heterocycles. The zero-order valence-electron chi connectivity index (χ0n) is 13.1. The van der Waals surface area contributed by atoms with E-state index in [1.165, 1.54) is 23.1 Å². The first-order valence-electron chi connectivity index (χ1n) is 6.84. The van der Waals surface area contributed by atoms with Crippen LogP contribution in [-0.2, 0) is 14.8 Å². The molecule has 1 aromatic rings. The van der Waals surface area contributed by atoms with E-state index in [0.29, 0.717) is 4.91 Å². The van der Waals surface area contributed by atoms with Crippen molar-refractivity contribution in [1.29, 1.82) is 0 Å². The van der Waals surface area contributed by atoms with E-state index in [9.17, 15) is 13.2 Å². The molecule has 1 aliphatic heterocycles. The van der Waals surface area contributed by atoms with Crippen molar-refractivity contribution in [3.8, 4) is 0 Å². The van der Waals surface area contributed by atoms with Gasteiger partial charge in [-0.15, -0.1) is 11.0 Å². The molecule has 1 aromatic carbocycles. The summed E-state index contributed by atoms with van der Waals surface area (Å²) in [5.41, 5.74) is 0. The lowest BCUT2D eigenvalue weighted by Crippen LogP contribution is -2.30. The van der Waals surface area contributed by atoms with Crippen LogP contribution < -0.4 is 0 Å². The molecule has 1 aliphatic rings. The highest BCUT2D eigenvalue weighted by Gasteiger charge is 2.34. The Morgan fingerprint density at radius 3 is 2.50 bits per heavy atom. The third-order valence-corrected chi connectivity index (χ3v) is 5.80. The normalized spacial score (nSPS) is 18.5. The second kappa shape index (κ2) is 7.54. The monoisotopic (exact) mass is 429 g/mol. The van der Waals surface area contributed by atoms with E-state index in [4.69, 9.17) is 0 Å². The minimum atomic E-state index is -3.91. The van der Waals surface area contributed by atoms with Crippen molar-refractivity contribution < 1.29 is 13.2 Å². The molecule has 9 heteroatoms. The van der Waals surface area contributed by atoms with Crippen LogP contribution in [0, 0.1) is 0 Å². The zero-order valence-corrected chi connectivity index (χ0v) is 16.4. The summed E-state index contributed by atoms with van der Waals surface area (Å²) in [7, 11) is -0.341. The summed E-state index contributed by atoms with van der Waals surface area (Å²) >= 11 is 4.29. The van der Waals surface area contributed by atoms with Gasteiger partial charge in [0.25, 0.3) is 15.9 Å². The molecule has 0 bridgehead atoms.